The normalized spacial score (nSPS) is 23.5. The lowest BCUT2D eigenvalue weighted by Crippen LogP contribution is -2.41. The summed E-state index contributed by atoms with van der Waals surface area (Å²) in [5, 5.41) is 9.91. The summed E-state index contributed by atoms with van der Waals surface area (Å²) >= 11 is 0. The zero-order chi connectivity index (χ0) is 11.5. The lowest BCUT2D eigenvalue weighted by molar-refractivity contribution is -0.125. The first-order valence-electron chi connectivity index (χ1n) is 4.96. The molecular weight excluding hydrogens is 207 g/mol. The minimum atomic E-state index is -4.18. The van der Waals surface area contributed by atoms with Crippen molar-refractivity contribution in [2.24, 2.45) is 0 Å². The van der Waals surface area contributed by atoms with Crippen molar-refractivity contribution in [3.63, 3.8) is 0 Å². The molecule has 88 valence electrons. The Morgan fingerprint density at radius 2 is 1.87 bits per heavy atom. The van der Waals surface area contributed by atoms with E-state index in [1.165, 1.54) is 6.08 Å². The lowest BCUT2D eigenvalue weighted by atomic mass is 9.91. The molecule has 1 saturated heterocycles. The summed E-state index contributed by atoms with van der Waals surface area (Å²) in [5.74, 6) is 0. The van der Waals surface area contributed by atoms with Crippen LogP contribution in [0.4, 0.5) is 13.2 Å². The number of allylic oxidation sites excluding steroid dienone is 1. The van der Waals surface area contributed by atoms with Crippen molar-refractivity contribution in [2.45, 2.75) is 31.0 Å². The Morgan fingerprint density at radius 1 is 1.33 bits per heavy atom. The van der Waals surface area contributed by atoms with Crippen molar-refractivity contribution < 1.29 is 18.3 Å². The molecule has 0 amide bonds. The SMILES string of the molecule is CN1CCC(O)(/C=C/CC(F)(F)F)CC1. The fourth-order valence-electron chi connectivity index (χ4n) is 1.58. The zero-order valence-electron chi connectivity index (χ0n) is 8.72. The highest BCUT2D eigenvalue weighted by molar-refractivity contribution is 5.03. The van der Waals surface area contributed by atoms with E-state index in [1.807, 2.05) is 11.9 Å². The Kier molecular flexibility index (Phi) is 3.78. The number of halogens is 3. The predicted molar refractivity (Wildman–Crippen MR) is 51.5 cm³/mol. The molecule has 2 nitrogen and oxygen atoms in total. The first-order valence-corrected chi connectivity index (χ1v) is 4.96. The Morgan fingerprint density at radius 3 is 2.33 bits per heavy atom. The highest BCUT2D eigenvalue weighted by Gasteiger charge is 2.30. The first-order chi connectivity index (χ1) is 6.81. The lowest BCUT2D eigenvalue weighted by Gasteiger charge is -2.34. The van der Waals surface area contributed by atoms with Crippen LogP contribution in [0.15, 0.2) is 12.2 Å². The zero-order valence-corrected chi connectivity index (χ0v) is 8.72. The van der Waals surface area contributed by atoms with E-state index in [-0.39, 0.29) is 0 Å². The van der Waals surface area contributed by atoms with Crippen molar-refractivity contribution >= 4 is 0 Å². The second-order valence-corrected chi connectivity index (χ2v) is 4.13. The van der Waals surface area contributed by atoms with Crippen LogP contribution in [0.1, 0.15) is 19.3 Å². The number of nitrogens with zero attached hydrogens (tertiary/aromatic N) is 1. The fourth-order valence-corrected chi connectivity index (χ4v) is 1.58. The van der Waals surface area contributed by atoms with Crippen LogP contribution < -0.4 is 0 Å². The van der Waals surface area contributed by atoms with E-state index < -0.39 is 18.2 Å². The van der Waals surface area contributed by atoms with E-state index >= 15 is 0 Å². The Hall–Kier alpha value is -0.550. The largest absolute Gasteiger partial charge is 0.392 e. The third-order valence-corrected chi connectivity index (χ3v) is 2.63. The first kappa shape index (κ1) is 12.5. The molecule has 0 aromatic rings. The predicted octanol–water partition coefficient (Wildman–Crippen LogP) is 1.95. The van der Waals surface area contributed by atoms with Gasteiger partial charge in [-0.1, -0.05) is 12.2 Å². The van der Waals surface area contributed by atoms with Gasteiger partial charge in [-0.15, -0.1) is 0 Å². The molecule has 5 heteroatoms. The number of aliphatic hydroxyl groups is 1. The second-order valence-electron chi connectivity index (χ2n) is 4.13. The van der Waals surface area contributed by atoms with Crippen LogP contribution in [0.25, 0.3) is 0 Å². The number of likely N-dealkylation sites (tertiary alicyclic amines) is 1. The third kappa shape index (κ3) is 4.66. The molecule has 0 atom stereocenters. The summed E-state index contributed by atoms with van der Waals surface area (Å²) in [4.78, 5) is 2.05. The second kappa shape index (κ2) is 4.53. The highest BCUT2D eigenvalue weighted by atomic mass is 19.4. The van der Waals surface area contributed by atoms with Gasteiger partial charge in [0.05, 0.1) is 12.0 Å². The molecule has 1 aliphatic rings. The van der Waals surface area contributed by atoms with Gasteiger partial charge >= 0.3 is 6.18 Å². The summed E-state index contributed by atoms with van der Waals surface area (Å²) in [5.41, 5.74) is -1.04. The van der Waals surface area contributed by atoms with Crippen molar-refractivity contribution in [1.29, 1.82) is 0 Å². The molecule has 0 aliphatic carbocycles. The molecule has 1 N–H and O–H groups in total. The minimum absolute atomic E-state index is 0.498. The van der Waals surface area contributed by atoms with Crippen molar-refractivity contribution in [3.05, 3.63) is 12.2 Å². The van der Waals surface area contributed by atoms with Crippen LogP contribution in [0, 0.1) is 0 Å². The van der Waals surface area contributed by atoms with E-state index in [4.69, 9.17) is 0 Å². The minimum Gasteiger partial charge on any atom is -0.386 e. The molecule has 1 rings (SSSR count). The maximum absolute atomic E-state index is 11.9. The summed E-state index contributed by atoms with van der Waals surface area (Å²) in [6.07, 6.45) is -1.84. The number of piperidine rings is 1. The van der Waals surface area contributed by atoms with Crippen molar-refractivity contribution in [3.8, 4) is 0 Å². The Labute approximate surface area is 87.4 Å². The molecule has 0 saturated carbocycles. The van der Waals surface area contributed by atoms with Crippen LogP contribution in [0.2, 0.25) is 0 Å². The fraction of sp³-hybridized carbons (Fsp3) is 0.800. The van der Waals surface area contributed by atoms with E-state index in [0.29, 0.717) is 25.9 Å². The topological polar surface area (TPSA) is 23.5 Å². The molecule has 1 heterocycles. The average Bonchev–Trinajstić information content (AvgIpc) is 2.09. The van der Waals surface area contributed by atoms with Gasteiger partial charge < -0.3 is 10.0 Å². The summed E-state index contributed by atoms with van der Waals surface area (Å²) in [7, 11) is 1.93. The maximum Gasteiger partial charge on any atom is 0.392 e. The van der Waals surface area contributed by atoms with E-state index in [1.54, 1.807) is 0 Å². The standard InChI is InChI=1S/C10H16F3NO/c1-14-7-5-9(15,6-8-14)3-2-4-10(11,12)13/h2-3,15H,4-8H2,1H3/b3-2+. The molecule has 1 fully saturated rings. The molecule has 1 aliphatic heterocycles. The molecule has 15 heavy (non-hydrogen) atoms. The van der Waals surface area contributed by atoms with Gasteiger partial charge in [0.25, 0.3) is 0 Å². The molecule has 0 aromatic carbocycles. The van der Waals surface area contributed by atoms with Crippen LogP contribution in [-0.4, -0.2) is 41.9 Å². The molecule has 0 unspecified atom stereocenters. The van der Waals surface area contributed by atoms with Gasteiger partial charge in [0.15, 0.2) is 0 Å². The van der Waals surface area contributed by atoms with Gasteiger partial charge in [0, 0.05) is 13.1 Å². The van der Waals surface area contributed by atoms with Gasteiger partial charge in [-0.25, -0.2) is 0 Å². The van der Waals surface area contributed by atoms with Crippen LogP contribution in [-0.2, 0) is 0 Å². The summed E-state index contributed by atoms with van der Waals surface area (Å²) < 4.78 is 35.6. The maximum atomic E-state index is 11.9. The van der Waals surface area contributed by atoms with Gasteiger partial charge in [-0.3, -0.25) is 0 Å². The van der Waals surface area contributed by atoms with Crippen LogP contribution in [0.3, 0.4) is 0 Å². The van der Waals surface area contributed by atoms with E-state index in [2.05, 4.69) is 0 Å². The Bertz CT molecular complexity index is 229. The van der Waals surface area contributed by atoms with Gasteiger partial charge in [-0.2, -0.15) is 13.2 Å². The summed E-state index contributed by atoms with van der Waals surface area (Å²) in [6.45, 7) is 1.43. The molecule has 0 spiro atoms. The molecular formula is C10H16F3NO. The Balaban J connectivity index is 2.43. The third-order valence-electron chi connectivity index (χ3n) is 2.63. The number of alkyl halides is 3. The van der Waals surface area contributed by atoms with E-state index in [0.717, 1.165) is 6.08 Å². The van der Waals surface area contributed by atoms with Gasteiger partial charge in [-0.05, 0) is 19.9 Å². The molecule has 0 aromatic heterocycles. The molecule has 0 bridgehead atoms. The monoisotopic (exact) mass is 223 g/mol. The quantitative estimate of drug-likeness (QED) is 0.723. The highest BCUT2D eigenvalue weighted by Crippen LogP contribution is 2.25. The number of hydrogen-bond donors (Lipinski definition) is 1. The smallest absolute Gasteiger partial charge is 0.386 e. The number of hydrogen-bond acceptors (Lipinski definition) is 2. The van der Waals surface area contributed by atoms with Gasteiger partial charge in [0.1, 0.15) is 0 Å². The number of rotatable bonds is 2. The molecule has 0 radical (unpaired) electrons. The van der Waals surface area contributed by atoms with E-state index in [9.17, 15) is 18.3 Å². The summed E-state index contributed by atoms with van der Waals surface area (Å²) in [6, 6.07) is 0. The van der Waals surface area contributed by atoms with Crippen LogP contribution in [0.5, 0.6) is 0 Å². The van der Waals surface area contributed by atoms with Crippen molar-refractivity contribution in [1.82, 2.24) is 4.90 Å². The van der Waals surface area contributed by atoms with Crippen LogP contribution >= 0.6 is 0 Å². The van der Waals surface area contributed by atoms with Gasteiger partial charge in [0.2, 0.25) is 0 Å². The van der Waals surface area contributed by atoms with Crippen molar-refractivity contribution in [2.75, 3.05) is 20.1 Å². The average molecular weight is 223 g/mol.